The van der Waals surface area contributed by atoms with Gasteiger partial charge < -0.3 is 14.2 Å². The van der Waals surface area contributed by atoms with Crippen molar-refractivity contribution in [2.45, 2.75) is 0 Å². The molecule has 3 nitrogen and oxygen atoms in total. The van der Waals surface area contributed by atoms with Gasteiger partial charge in [0.25, 0.3) is 0 Å². The quantitative estimate of drug-likeness (QED) is 0.0696. The zero-order valence-electron chi connectivity index (χ0n) is 26.2. The van der Waals surface area contributed by atoms with Crippen LogP contribution in [0.3, 0.4) is 0 Å². The summed E-state index contributed by atoms with van der Waals surface area (Å²) in [5, 5.41) is 0. The third-order valence-corrected chi connectivity index (χ3v) is 7.57. The Balaban J connectivity index is 0.000000928. The van der Waals surface area contributed by atoms with E-state index in [4.69, 9.17) is 14.2 Å². The number of rotatable bonds is 10. The third-order valence-electron chi connectivity index (χ3n) is 7.57. The second-order valence-electron chi connectivity index (χ2n) is 10.4. The normalized spacial score (nSPS) is 11.5. The minimum absolute atomic E-state index is 0. The van der Waals surface area contributed by atoms with Crippen molar-refractivity contribution in [2.24, 2.45) is 0 Å². The standard InChI is InChI=1S/C24BF20.C6H14O3.Na.H/c26-5-1(6(27)14(35)21(42)13(5)34)25(2-7(28)15(36)22(43)16(37)8(2)29,3-9(30)17(38)23(44)18(39)10(3)31)4-11(32)19(40)24(45)20(41)12(4)33;1-7-3-5-9-6-4-8-2;;/h;3-6H2,1-2H3;;/q-1;;;. The molecule has 0 amide bonds. The van der Waals surface area contributed by atoms with E-state index < -0.39 is 144 Å². The van der Waals surface area contributed by atoms with Crippen LogP contribution in [0.1, 0.15) is 0 Å². The average Bonchev–Trinajstić information content (AvgIpc) is 3.14. The van der Waals surface area contributed by atoms with Gasteiger partial charge in [0.2, 0.25) is 0 Å². The summed E-state index contributed by atoms with van der Waals surface area (Å²) in [6.07, 6.45) is -7.22. The van der Waals surface area contributed by atoms with E-state index in [2.05, 4.69) is 0 Å². The molecule has 0 radical (unpaired) electrons. The molecule has 0 aliphatic carbocycles. The molecule has 0 unspecified atom stereocenters. The second-order valence-corrected chi connectivity index (χ2v) is 10.4. The SMILES string of the molecule is COCCOCCOC.Fc1c(F)c(F)c([B-](c2c(F)c(F)c(F)c(F)c2F)(c2c(F)c(F)c(F)c(F)c2F)c2c(F)c(F)c(F)c(F)c2F)c(F)c1F.[NaH]. The maximum absolute atomic E-state index is 15.4. The first kappa shape index (κ1) is 47.6. The van der Waals surface area contributed by atoms with Gasteiger partial charge in [0, 0.05) is 14.2 Å². The molecule has 0 atom stereocenters. The van der Waals surface area contributed by atoms with Crippen LogP contribution >= 0.6 is 0 Å². The summed E-state index contributed by atoms with van der Waals surface area (Å²) >= 11 is 0. The van der Waals surface area contributed by atoms with E-state index >= 15 is 35.1 Å². The first-order valence-corrected chi connectivity index (χ1v) is 13.9. The maximum atomic E-state index is 15.4. The molecule has 0 fully saturated rings. The van der Waals surface area contributed by atoms with Gasteiger partial charge in [-0.2, -0.15) is 0 Å². The number of hydrogen-bond acceptors (Lipinski definition) is 3. The molecule has 25 heteroatoms. The minimum atomic E-state index is -7.22. The topological polar surface area (TPSA) is 27.7 Å². The third kappa shape index (κ3) is 7.89. The molecule has 0 aliphatic rings. The van der Waals surface area contributed by atoms with E-state index in [0.717, 1.165) is 0 Å². The van der Waals surface area contributed by atoms with Crippen LogP contribution in [0.4, 0.5) is 87.8 Å². The van der Waals surface area contributed by atoms with Crippen LogP contribution in [0.15, 0.2) is 0 Å². The van der Waals surface area contributed by atoms with E-state index in [1.54, 1.807) is 14.2 Å². The molecule has 0 saturated heterocycles. The summed E-state index contributed by atoms with van der Waals surface area (Å²) in [4.78, 5) is 0. The second kappa shape index (κ2) is 18.6. The van der Waals surface area contributed by atoms with Crippen molar-refractivity contribution >= 4 is 57.6 Å². The molecule has 4 aromatic rings. The van der Waals surface area contributed by atoms with Crippen molar-refractivity contribution < 1.29 is 102 Å². The molecule has 0 aliphatic heterocycles. The number of halogens is 20. The first-order valence-electron chi connectivity index (χ1n) is 13.9. The van der Waals surface area contributed by atoms with Crippen molar-refractivity contribution in [1.82, 2.24) is 0 Å². The molecule has 55 heavy (non-hydrogen) atoms. The van der Waals surface area contributed by atoms with Crippen LogP contribution in [0.5, 0.6) is 0 Å². The van der Waals surface area contributed by atoms with Crippen LogP contribution in [-0.4, -0.2) is 76.4 Å². The Kier molecular flexibility index (Phi) is 16.1. The molecule has 4 rings (SSSR count). The van der Waals surface area contributed by atoms with Crippen LogP contribution in [0.25, 0.3) is 0 Å². The zero-order valence-corrected chi connectivity index (χ0v) is 26.2. The van der Waals surface area contributed by atoms with Gasteiger partial charge in [-0.3, -0.25) is 0 Å². The van der Waals surface area contributed by atoms with Gasteiger partial charge >= 0.3 is 29.6 Å². The van der Waals surface area contributed by atoms with Gasteiger partial charge in [-0.05, 0) is 0 Å². The molecule has 4 aromatic carbocycles. The van der Waals surface area contributed by atoms with Gasteiger partial charge in [0.15, 0.2) is 69.8 Å². The van der Waals surface area contributed by atoms with Gasteiger partial charge in [0.05, 0.1) is 26.4 Å². The fourth-order valence-corrected chi connectivity index (χ4v) is 5.26. The fourth-order valence-electron chi connectivity index (χ4n) is 5.26. The van der Waals surface area contributed by atoms with Crippen molar-refractivity contribution in [3.63, 3.8) is 0 Å². The van der Waals surface area contributed by atoms with Gasteiger partial charge in [-0.25, -0.2) is 87.8 Å². The van der Waals surface area contributed by atoms with Crippen LogP contribution in [-0.2, 0) is 14.2 Å². The van der Waals surface area contributed by atoms with E-state index in [0.29, 0.717) is 26.4 Å². The fraction of sp³-hybridized carbons (Fsp3) is 0.200. The number of ether oxygens (including phenoxy) is 3. The van der Waals surface area contributed by atoms with Crippen LogP contribution < -0.4 is 21.9 Å². The van der Waals surface area contributed by atoms with E-state index in [1.165, 1.54) is 0 Å². The Morgan fingerprint density at radius 2 is 0.418 bits per heavy atom. The Morgan fingerprint density at radius 1 is 0.273 bits per heavy atom. The number of methoxy groups -OCH3 is 2. The number of benzene rings is 4. The predicted octanol–water partition coefficient (Wildman–Crippen LogP) is 5.49. The van der Waals surface area contributed by atoms with Crippen LogP contribution in [0.2, 0.25) is 0 Å². The van der Waals surface area contributed by atoms with E-state index in [-0.39, 0.29) is 29.6 Å². The average molecular weight is 837 g/mol. The Hall–Kier alpha value is -3.58. The summed E-state index contributed by atoms with van der Waals surface area (Å²) in [5.41, 5.74) is -14.3. The molecule has 0 spiro atoms. The van der Waals surface area contributed by atoms with Gasteiger partial charge in [0.1, 0.15) is 52.7 Å². The molecule has 298 valence electrons. The first-order chi connectivity index (χ1) is 25.1. The Bertz CT molecular complexity index is 1710. The summed E-state index contributed by atoms with van der Waals surface area (Å²) in [6.45, 7) is 2.62. The summed E-state index contributed by atoms with van der Waals surface area (Å²) in [5.74, 6) is -71.4. The van der Waals surface area contributed by atoms with Crippen molar-refractivity contribution in [3.05, 3.63) is 116 Å². The monoisotopic (exact) mass is 837 g/mol. The van der Waals surface area contributed by atoms with Crippen molar-refractivity contribution in [1.29, 1.82) is 0 Å². The van der Waals surface area contributed by atoms with Crippen molar-refractivity contribution in [3.8, 4) is 0 Å². The number of hydrogen-bond donors (Lipinski definition) is 0. The molecule has 0 bridgehead atoms. The zero-order chi connectivity index (χ0) is 41.3. The summed E-state index contributed by atoms with van der Waals surface area (Å²) < 4.78 is 309. The van der Waals surface area contributed by atoms with Gasteiger partial charge in [-0.15, -0.1) is 21.9 Å². The van der Waals surface area contributed by atoms with E-state index in [1.807, 2.05) is 0 Å². The molecular weight excluding hydrogens is 822 g/mol. The predicted molar refractivity (Wildman–Crippen MR) is 151 cm³/mol. The summed E-state index contributed by atoms with van der Waals surface area (Å²) in [7, 11) is 3.30. The summed E-state index contributed by atoms with van der Waals surface area (Å²) in [6, 6.07) is 0. The molecule has 0 heterocycles. The van der Waals surface area contributed by atoms with Gasteiger partial charge in [-0.1, -0.05) is 0 Å². The van der Waals surface area contributed by atoms with E-state index in [9.17, 15) is 52.7 Å². The van der Waals surface area contributed by atoms with Crippen LogP contribution in [0, 0.1) is 116 Å². The molecule has 0 aromatic heterocycles. The Labute approximate surface area is 316 Å². The Morgan fingerprint density at radius 3 is 0.564 bits per heavy atom. The molecule has 0 saturated carbocycles. The molecule has 0 N–H and O–H groups in total. The molecular formula is C30H15BF20NaO3-. The van der Waals surface area contributed by atoms with Crippen molar-refractivity contribution in [2.75, 3.05) is 40.6 Å².